The molecule has 0 radical (unpaired) electrons. The molecule has 0 bridgehead atoms. The van der Waals surface area contributed by atoms with Crippen molar-refractivity contribution in [3.05, 3.63) is 66.0 Å². The number of para-hydroxylation sites is 1. The number of hydrogen-bond acceptors (Lipinski definition) is 3. The molecule has 0 fully saturated rings. The van der Waals surface area contributed by atoms with E-state index in [1.807, 2.05) is 0 Å². The van der Waals surface area contributed by atoms with Crippen molar-refractivity contribution < 1.29 is 18.0 Å². The van der Waals surface area contributed by atoms with Crippen LogP contribution in [0.1, 0.15) is 16.1 Å². The van der Waals surface area contributed by atoms with Crippen molar-refractivity contribution in [3.63, 3.8) is 0 Å². The van der Waals surface area contributed by atoms with Gasteiger partial charge in [0.1, 0.15) is 0 Å². The van der Waals surface area contributed by atoms with Gasteiger partial charge in [0.25, 0.3) is 5.91 Å². The second-order valence-electron chi connectivity index (χ2n) is 5.87. The van der Waals surface area contributed by atoms with Crippen molar-refractivity contribution in [2.75, 3.05) is 5.32 Å². The fourth-order valence-corrected chi connectivity index (χ4v) is 3.23. The molecule has 0 aliphatic carbocycles. The number of alkyl halides is 3. The molecule has 3 rings (SSSR count). The van der Waals surface area contributed by atoms with E-state index < -0.39 is 5.51 Å². The molecule has 0 spiro atoms. The molecule has 4 nitrogen and oxygen atoms in total. The third-order valence-electron chi connectivity index (χ3n) is 3.83. The molecule has 140 valence electrons. The Labute approximate surface area is 158 Å². The van der Waals surface area contributed by atoms with E-state index in [4.69, 9.17) is 0 Å². The van der Waals surface area contributed by atoms with Crippen molar-refractivity contribution in [2.24, 2.45) is 7.05 Å². The number of thioether (sulfide) groups is 1. The molecule has 2 aromatic carbocycles. The zero-order valence-electron chi connectivity index (χ0n) is 14.5. The first kappa shape index (κ1) is 19.0. The smallest absolute Gasteiger partial charge is 0.321 e. The second-order valence-corrected chi connectivity index (χ2v) is 7.01. The molecule has 0 unspecified atom stereocenters. The minimum atomic E-state index is -4.32. The molecule has 0 saturated heterocycles. The molecular formula is C19H16F3N3OS. The summed E-state index contributed by atoms with van der Waals surface area (Å²) < 4.78 is 39.0. The molecule has 8 heteroatoms. The SMILES string of the molecule is Cc1nn(C)cc1C(=O)Nc1ccccc1-c1ccc(SC(F)(F)F)cc1. The van der Waals surface area contributed by atoms with Gasteiger partial charge in [-0.25, -0.2) is 0 Å². The highest BCUT2D eigenvalue weighted by Crippen LogP contribution is 2.38. The Balaban J connectivity index is 1.86. The standard InChI is InChI=1S/C19H16F3N3OS/c1-12-16(11-25(2)24-12)18(26)23-17-6-4-3-5-15(17)13-7-9-14(10-8-13)27-19(20,21)22/h3-11H,1-2H3,(H,23,26). The molecule has 0 saturated carbocycles. The predicted octanol–water partition coefficient (Wildman–Crippen LogP) is 5.26. The summed E-state index contributed by atoms with van der Waals surface area (Å²) in [5.74, 6) is -0.294. The van der Waals surface area contributed by atoms with Gasteiger partial charge in [-0.3, -0.25) is 9.48 Å². The summed E-state index contributed by atoms with van der Waals surface area (Å²) in [6.07, 6.45) is 1.64. The number of aromatic nitrogens is 2. The summed E-state index contributed by atoms with van der Waals surface area (Å²) in [4.78, 5) is 12.7. The summed E-state index contributed by atoms with van der Waals surface area (Å²) in [6, 6.07) is 13.2. The van der Waals surface area contributed by atoms with Gasteiger partial charge < -0.3 is 5.32 Å². The van der Waals surface area contributed by atoms with Crippen molar-refractivity contribution in [2.45, 2.75) is 17.3 Å². The number of carbonyl (C=O) groups is 1. The Morgan fingerprint density at radius 2 is 1.78 bits per heavy atom. The Morgan fingerprint density at radius 3 is 2.37 bits per heavy atom. The van der Waals surface area contributed by atoms with Gasteiger partial charge in [0.15, 0.2) is 0 Å². The largest absolute Gasteiger partial charge is 0.446 e. The van der Waals surface area contributed by atoms with Gasteiger partial charge in [-0.15, -0.1) is 0 Å². The molecule has 27 heavy (non-hydrogen) atoms. The van der Waals surface area contributed by atoms with Crippen LogP contribution in [0.4, 0.5) is 18.9 Å². The van der Waals surface area contributed by atoms with E-state index in [1.165, 1.54) is 12.1 Å². The summed E-state index contributed by atoms with van der Waals surface area (Å²) >= 11 is -0.158. The molecule has 3 aromatic rings. The summed E-state index contributed by atoms with van der Waals surface area (Å²) in [5, 5.41) is 7.01. The maximum absolute atomic E-state index is 12.5. The Kier molecular flexibility index (Phi) is 5.27. The number of amides is 1. The lowest BCUT2D eigenvalue weighted by molar-refractivity contribution is -0.0328. The lowest BCUT2D eigenvalue weighted by Gasteiger charge is -2.12. The van der Waals surface area contributed by atoms with E-state index in [9.17, 15) is 18.0 Å². The number of benzene rings is 2. The third kappa shape index (κ3) is 4.71. The van der Waals surface area contributed by atoms with E-state index in [2.05, 4.69) is 10.4 Å². The van der Waals surface area contributed by atoms with E-state index in [1.54, 1.807) is 61.2 Å². The van der Waals surface area contributed by atoms with Crippen LogP contribution in [-0.4, -0.2) is 21.2 Å². The van der Waals surface area contributed by atoms with Gasteiger partial charge in [-0.1, -0.05) is 30.3 Å². The predicted molar refractivity (Wildman–Crippen MR) is 99.7 cm³/mol. The number of carbonyl (C=O) groups excluding carboxylic acids is 1. The minimum Gasteiger partial charge on any atom is -0.321 e. The maximum atomic E-state index is 12.5. The topological polar surface area (TPSA) is 46.9 Å². The van der Waals surface area contributed by atoms with Crippen LogP contribution in [0.3, 0.4) is 0 Å². The van der Waals surface area contributed by atoms with E-state index in [0.29, 0.717) is 22.5 Å². The minimum absolute atomic E-state index is 0.110. The highest BCUT2D eigenvalue weighted by Gasteiger charge is 2.29. The Morgan fingerprint density at radius 1 is 1.11 bits per heavy atom. The Hall–Kier alpha value is -2.74. The second kappa shape index (κ2) is 7.48. The summed E-state index contributed by atoms with van der Waals surface area (Å²) in [5.41, 5.74) is -1.25. The van der Waals surface area contributed by atoms with Crippen LogP contribution in [0.25, 0.3) is 11.1 Å². The molecule has 0 atom stereocenters. The molecular weight excluding hydrogens is 375 g/mol. The van der Waals surface area contributed by atoms with Gasteiger partial charge >= 0.3 is 5.51 Å². The number of halogens is 3. The van der Waals surface area contributed by atoms with Crippen LogP contribution in [0.15, 0.2) is 59.6 Å². The van der Waals surface area contributed by atoms with Crippen molar-refractivity contribution in [1.29, 1.82) is 0 Å². The number of anilines is 1. The molecule has 0 aliphatic rings. The Bertz CT molecular complexity index is 965. The number of aryl methyl sites for hydroxylation is 2. The molecule has 1 N–H and O–H groups in total. The number of nitrogens with zero attached hydrogens (tertiary/aromatic N) is 2. The van der Waals surface area contributed by atoms with Gasteiger partial charge in [-0.05, 0) is 42.4 Å². The van der Waals surface area contributed by atoms with Gasteiger partial charge in [0.05, 0.1) is 11.3 Å². The summed E-state index contributed by atoms with van der Waals surface area (Å²) in [6.45, 7) is 1.75. The fraction of sp³-hybridized carbons (Fsp3) is 0.158. The van der Waals surface area contributed by atoms with Gasteiger partial charge in [-0.2, -0.15) is 18.3 Å². The summed E-state index contributed by atoms with van der Waals surface area (Å²) in [7, 11) is 1.73. The highest BCUT2D eigenvalue weighted by molar-refractivity contribution is 8.00. The lowest BCUT2D eigenvalue weighted by Crippen LogP contribution is -2.13. The number of hydrogen-bond donors (Lipinski definition) is 1. The first-order valence-electron chi connectivity index (χ1n) is 8.00. The van der Waals surface area contributed by atoms with Crippen LogP contribution in [-0.2, 0) is 7.05 Å². The van der Waals surface area contributed by atoms with Crippen molar-refractivity contribution in [1.82, 2.24) is 9.78 Å². The first-order chi connectivity index (χ1) is 12.7. The first-order valence-corrected chi connectivity index (χ1v) is 8.81. The number of nitrogens with one attached hydrogen (secondary N) is 1. The molecule has 1 aromatic heterocycles. The average Bonchev–Trinajstić information content (AvgIpc) is 2.93. The zero-order valence-corrected chi connectivity index (χ0v) is 15.4. The normalized spacial score (nSPS) is 11.4. The van der Waals surface area contributed by atoms with E-state index in [-0.39, 0.29) is 22.6 Å². The van der Waals surface area contributed by atoms with Crippen molar-refractivity contribution in [3.8, 4) is 11.1 Å². The molecule has 0 aliphatic heterocycles. The van der Waals surface area contributed by atoms with Crippen LogP contribution in [0.5, 0.6) is 0 Å². The van der Waals surface area contributed by atoms with Crippen LogP contribution in [0.2, 0.25) is 0 Å². The quantitative estimate of drug-likeness (QED) is 0.617. The van der Waals surface area contributed by atoms with Crippen LogP contribution in [0, 0.1) is 6.92 Å². The monoisotopic (exact) mass is 391 g/mol. The highest BCUT2D eigenvalue weighted by atomic mass is 32.2. The lowest BCUT2D eigenvalue weighted by atomic mass is 10.0. The zero-order chi connectivity index (χ0) is 19.6. The molecule has 1 amide bonds. The maximum Gasteiger partial charge on any atom is 0.446 e. The van der Waals surface area contributed by atoms with E-state index >= 15 is 0 Å². The van der Waals surface area contributed by atoms with Crippen molar-refractivity contribution >= 4 is 23.4 Å². The van der Waals surface area contributed by atoms with Crippen LogP contribution < -0.4 is 5.32 Å². The fourth-order valence-electron chi connectivity index (χ4n) is 2.69. The molecule has 1 heterocycles. The third-order valence-corrected chi connectivity index (χ3v) is 4.57. The van der Waals surface area contributed by atoms with Gasteiger partial charge in [0, 0.05) is 29.4 Å². The van der Waals surface area contributed by atoms with Crippen LogP contribution >= 0.6 is 11.8 Å². The van der Waals surface area contributed by atoms with E-state index in [0.717, 1.165) is 5.56 Å². The number of rotatable bonds is 4. The van der Waals surface area contributed by atoms with Gasteiger partial charge in [0.2, 0.25) is 0 Å². The average molecular weight is 391 g/mol.